The van der Waals surface area contributed by atoms with Crippen molar-refractivity contribution in [3.63, 3.8) is 0 Å². The number of hydrogen-bond donors (Lipinski definition) is 2. The van der Waals surface area contributed by atoms with Crippen LogP contribution in [0.5, 0.6) is 0 Å². The molecule has 3 aromatic rings. The average molecular weight is 325 g/mol. The molecular weight excluding hydrogens is 309 g/mol. The fourth-order valence-electron chi connectivity index (χ4n) is 2.38. The van der Waals surface area contributed by atoms with Gasteiger partial charge in [0, 0.05) is 31.2 Å². The SMILES string of the molecule is Cn1ccnc1C(NC(=O)Nc1cccnc1)c1ccccc1F. The molecule has 1 unspecified atom stereocenters. The number of pyridine rings is 1. The number of nitrogens with zero attached hydrogens (tertiary/aromatic N) is 3. The molecule has 0 spiro atoms. The Bertz CT molecular complexity index is 834. The highest BCUT2D eigenvalue weighted by molar-refractivity contribution is 5.89. The molecule has 0 aliphatic heterocycles. The lowest BCUT2D eigenvalue weighted by atomic mass is 10.1. The molecule has 2 heterocycles. The van der Waals surface area contributed by atoms with Crippen LogP contribution in [0.3, 0.4) is 0 Å². The fourth-order valence-corrected chi connectivity index (χ4v) is 2.38. The Morgan fingerprint density at radius 1 is 1.21 bits per heavy atom. The van der Waals surface area contributed by atoms with Crippen LogP contribution in [0.25, 0.3) is 0 Å². The Labute approximate surface area is 138 Å². The van der Waals surface area contributed by atoms with Crippen molar-refractivity contribution in [3.8, 4) is 0 Å². The van der Waals surface area contributed by atoms with Gasteiger partial charge in [0.1, 0.15) is 17.7 Å². The highest BCUT2D eigenvalue weighted by atomic mass is 19.1. The van der Waals surface area contributed by atoms with E-state index in [2.05, 4.69) is 20.6 Å². The molecule has 3 rings (SSSR count). The van der Waals surface area contributed by atoms with Gasteiger partial charge in [-0.2, -0.15) is 0 Å². The first kappa shape index (κ1) is 15.7. The van der Waals surface area contributed by atoms with Crippen LogP contribution in [-0.4, -0.2) is 20.6 Å². The van der Waals surface area contributed by atoms with Crippen LogP contribution in [0.1, 0.15) is 17.4 Å². The van der Waals surface area contributed by atoms with Crippen molar-refractivity contribution in [1.29, 1.82) is 0 Å². The molecule has 0 saturated carbocycles. The number of nitrogens with one attached hydrogen (secondary N) is 2. The van der Waals surface area contributed by atoms with E-state index in [1.807, 2.05) is 0 Å². The number of aromatic nitrogens is 3. The van der Waals surface area contributed by atoms with Gasteiger partial charge in [-0.25, -0.2) is 14.2 Å². The molecule has 1 aromatic carbocycles. The second kappa shape index (κ2) is 6.91. The van der Waals surface area contributed by atoms with Crippen molar-refractivity contribution < 1.29 is 9.18 Å². The maximum Gasteiger partial charge on any atom is 0.320 e. The van der Waals surface area contributed by atoms with Crippen molar-refractivity contribution in [1.82, 2.24) is 19.9 Å². The minimum atomic E-state index is -0.720. The molecule has 1 atom stereocenters. The number of imidazole rings is 1. The first-order chi connectivity index (χ1) is 11.6. The van der Waals surface area contributed by atoms with Gasteiger partial charge < -0.3 is 15.2 Å². The summed E-state index contributed by atoms with van der Waals surface area (Å²) >= 11 is 0. The van der Waals surface area contributed by atoms with E-state index in [4.69, 9.17) is 0 Å². The second-order valence-electron chi connectivity index (χ2n) is 5.19. The number of amides is 2. The van der Waals surface area contributed by atoms with Crippen LogP contribution in [0, 0.1) is 5.82 Å². The molecule has 2 aromatic heterocycles. The Morgan fingerprint density at radius 3 is 2.71 bits per heavy atom. The van der Waals surface area contributed by atoms with E-state index in [1.165, 1.54) is 12.3 Å². The Hall–Kier alpha value is -3.22. The number of carbonyl (C=O) groups excluding carboxylic acids is 1. The Balaban J connectivity index is 1.87. The molecule has 2 amide bonds. The van der Waals surface area contributed by atoms with Crippen LogP contribution in [-0.2, 0) is 7.05 Å². The van der Waals surface area contributed by atoms with Crippen molar-refractivity contribution in [3.05, 3.63) is 78.4 Å². The Morgan fingerprint density at radius 2 is 2.04 bits per heavy atom. The van der Waals surface area contributed by atoms with Gasteiger partial charge in [0.15, 0.2) is 0 Å². The topological polar surface area (TPSA) is 71.8 Å². The van der Waals surface area contributed by atoms with E-state index in [1.54, 1.807) is 60.5 Å². The number of urea groups is 1. The molecule has 7 heteroatoms. The molecule has 0 radical (unpaired) electrons. The van der Waals surface area contributed by atoms with Gasteiger partial charge in [0.25, 0.3) is 0 Å². The van der Waals surface area contributed by atoms with Crippen molar-refractivity contribution >= 4 is 11.7 Å². The lowest BCUT2D eigenvalue weighted by molar-refractivity contribution is 0.249. The number of aryl methyl sites for hydroxylation is 1. The van der Waals surface area contributed by atoms with Crippen molar-refractivity contribution in [2.24, 2.45) is 7.05 Å². The number of carbonyl (C=O) groups is 1. The summed E-state index contributed by atoms with van der Waals surface area (Å²) in [5.74, 6) is 0.119. The summed E-state index contributed by atoms with van der Waals surface area (Å²) in [6, 6.07) is 8.53. The molecular formula is C17H16FN5O. The summed E-state index contributed by atoms with van der Waals surface area (Å²) in [4.78, 5) is 20.5. The van der Waals surface area contributed by atoms with Gasteiger partial charge in [-0.1, -0.05) is 18.2 Å². The summed E-state index contributed by atoms with van der Waals surface area (Å²) in [5.41, 5.74) is 0.885. The zero-order valence-electron chi connectivity index (χ0n) is 13.0. The lowest BCUT2D eigenvalue weighted by Crippen LogP contribution is -2.35. The molecule has 6 nitrogen and oxygen atoms in total. The van der Waals surface area contributed by atoms with Crippen molar-refractivity contribution in [2.75, 3.05) is 5.32 Å². The fraction of sp³-hybridized carbons (Fsp3) is 0.118. The van der Waals surface area contributed by atoms with Crippen LogP contribution >= 0.6 is 0 Å². The van der Waals surface area contributed by atoms with Gasteiger partial charge in [-0.15, -0.1) is 0 Å². The van der Waals surface area contributed by atoms with Gasteiger partial charge in [0.05, 0.1) is 11.9 Å². The second-order valence-corrected chi connectivity index (χ2v) is 5.19. The molecule has 122 valence electrons. The molecule has 0 fully saturated rings. The lowest BCUT2D eigenvalue weighted by Gasteiger charge is -2.20. The quantitative estimate of drug-likeness (QED) is 0.775. The van der Waals surface area contributed by atoms with Crippen LogP contribution in [0.2, 0.25) is 0 Å². The maximum absolute atomic E-state index is 14.2. The normalized spacial score (nSPS) is 11.8. The van der Waals surface area contributed by atoms with E-state index in [-0.39, 0.29) is 0 Å². The Kier molecular flexibility index (Phi) is 4.51. The largest absolute Gasteiger partial charge is 0.336 e. The third-order valence-corrected chi connectivity index (χ3v) is 3.53. The van der Waals surface area contributed by atoms with Crippen LogP contribution in [0.4, 0.5) is 14.9 Å². The zero-order valence-corrected chi connectivity index (χ0v) is 13.0. The number of rotatable bonds is 4. The zero-order chi connectivity index (χ0) is 16.9. The van der Waals surface area contributed by atoms with Gasteiger partial charge in [0.2, 0.25) is 0 Å². The number of benzene rings is 1. The van der Waals surface area contributed by atoms with Gasteiger partial charge >= 0.3 is 6.03 Å². The molecule has 0 saturated heterocycles. The minimum Gasteiger partial charge on any atom is -0.336 e. The van der Waals surface area contributed by atoms with Crippen molar-refractivity contribution in [2.45, 2.75) is 6.04 Å². The van der Waals surface area contributed by atoms with Gasteiger partial charge in [-0.3, -0.25) is 4.98 Å². The smallest absolute Gasteiger partial charge is 0.320 e. The van der Waals surface area contributed by atoms with E-state index >= 15 is 0 Å². The summed E-state index contributed by atoms with van der Waals surface area (Å²) in [5, 5.41) is 5.44. The highest BCUT2D eigenvalue weighted by Crippen LogP contribution is 2.23. The third kappa shape index (κ3) is 3.40. The molecule has 0 aliphatic rings. The molecule has 0 aliphatic carbocycles. The number of halogens is 1. The van der Waals surface area contributed by atoms with E-state index in [0.29, 0.717) is 17.1 Å². The monoisotopic (exact) mass is 325 g/mol. The van der Waals surface area contributed by atoms with E-state index in [9.17, 15) is 9.18 Å². The minimum absolute atomic E-state index is 0.341. The molecule has 2 N–H and O–H groups in total. The maximum atomic E-state index is 14.2. The first-order valence-electron chi connectivity index (χ1n) is 7.34. The highest BCUT2D eigenvalue weighted by Gasteiger charge is 2.23. The summed E-state index contributed by atoms with van der Waals surface area (Å²) in [7, 11) is 1.79. The van der Waals surface area contributed by atoms with Gasteiger partial charge in [-0.05, 0) is 18.2 Å². The third-order valence-electron chi connectivity index (χ3n) is 3.53. The number of anilines is 1. The first-order valence-corrected chi connectivity index (χ1v) is 7.34. The van der Waals surface area contributed by atoms with Crippen LogP contribution < -0.4 is 10.6 Å². The van der Waals surface area contributed by atoms with E-state index in [0.717, 1.165) is 0 Å². The average Bonchev–Trinajstić information content (AvgIpc) is 3.00. The van der Waals surface area contributed by atoms with Crippen LogP contribution in [0.15, 0.2) is 61.2 Å². The predicted molar refractivity (Wildman–Crippen MR) is 87.8 cm³/mol. The van der Waals surface area contributed by atoms with E-state index < -0.39 is 17.9 Å². The standard InChI is InChI=1S/C17H16FN5O/c1-23-10-9-20-16(23)15(13-6-2-3-7-14(13)18)22-17(24)21-12-5-4-8-19-11-12/h2-11,15H,1H3,(H2,21,22,24). The predicted octanol–water partition coefficient (Wildman–Crippen LogP) is 2.87. The molecule has 0 bridgehead atoms. The number of hydrogen-bond acceptors (Lipinski definition) is 3. The molecule has 24 heavy (non-hydrogen) atoms. The summed E-state index contributed by atoms with van der Waals surface area (Å²) in [6.45, 7) is 0. The summed E-state index contributed by atoms with van der Waals surface area (Å²) < 4.78 is 16.0. The summed E-state index contributed by atoms with van der Waals surface area (Å²) in [6.07, 6.45) is 6.48.